The molecule has 0 unspecified atom stereocenters. The van der Waals surface area contributed by atoms with Gasteiger partial charge in [0.1, 0.15) is 0 Å². The van der Waals surface area contributed by atoms with E-state index >= 15 is 0 Å². The fraction of sp³-hybridized carbons (Fsp3) is 0.333. The molecule has 1 heterocycles. The minimum Gasteiger partial charge on any atom is -0.465 e. The van der Waals surface area contributed by atoms with Gasteiger partial charge in [0.05, 0.1) is 5.54 Å². The number of carbonyl (C=O) groups is 1. The molecule has 2 N–H and O–H groups in total. The van der Waals surface area contributed by atoms with E-state index in [9.17, 15) is 4.79 Å². The summed E-state index contributed by atoms with van der Waals surface area (Å²) in [5, 5.41) is 11.0. The molecule has 0 spiro atoms. The zero-order valence-corrected chi connectivity index (χ0v) is 7.61. The second-order valence-electron chi connectivity index (χ2n) is 3.30. The van der Waals surface area contributed by atoms with E-state index in [0.29, 0.717) is 0 Å². The first-order valence-electron chi connectivity index (χ1n) is 3.94. The van der Waals surface area contributed by atoms with Crippen LogP contribution in [0.2, 0.25) is 0 Å². The number of pyridine rings is 1. The number of nitrogens with zero attached hydrogens (tertiary/aromatic N) is 1. The molecule has 13 heavy (non-hydrogen) atoms. The standard InChI is InChI=1S/C9H12N2O2/c1-9(2,11-8(12)13)7-4-3-5-10-6-7/h3-6,11H,1-2H3,(H,12,13). The summed E-state index contributed by atoms with van der Waals surface area (Å²) in [6, 6.07) is 3.61. The molecule has 70 valence electrons. The van der Waals surface area contributed by atoms with Crippen LogP contribution in [0.3, 0.4) is 0 Å². The van der Waals surface area contributed by atoms with Crippen LogP contribution in [0.4, 0.5) is 4.79 Å². The smallest absolute Gasteiger partial charge is 0.405 e. The van der Waals surface area contributed by atoms with Gasteiger partial charge in [0.15, 0.2) is 0 Å². The number of aromatic nitrogens is 1. The molecule has 0 aliphatic rings. The molecule has 0 aliphatic carbocycles. The van der Waals surface area contributed by atoms with Gasteiger partial charge in [-0.1, -0.05) is 6.07 Å². The highest BCUT2D eigenvalue weighted by Crippen LogP contribution is 2.17. The quantitative estimate of drug-likeness (QED) is 0.726. The van der Waals surface area contributed by atoms with Gasteiger partial charge >= 0.3 is 6.09 Å². The summed E-state index contributed by atoms with van der Waals surface area (Å²) in [6.45, 7) is 3.58. The largest absolute Gasteiger partial charge is 0.465 e. The Balaban J connectivity index is 2.87. The lowest BCUT2D eigenvalue weighted by Crippen LogP contribution is -2.40. The molecule has 4 nitrogen and oxygen atoms in total. The first-order chi connectivity index (χ1) is 6.02. The molecule has 0 atom stereocenters. The molecule has 1 amide bonds. The molecule has 1 rings (SSSR count). The van der Waals surface area contributed by atoms with E-state index in [0.717, 1.165) is 5.56 Å². The Hall–Kier alpha value is -1.58. The van der Waals surface area contributed by atoms with Crippen molar-refractivity contribution in [2.75, 3.05) is 0 Å². The second kappa shape index (κ2) is 3.43. The lowest BCUT2D eigenvalue weighted by atomic mass is 9.96. The van der Waals surface area contributed by atoms with Crippen LogP contribution < -0.4 is 5.32 Å². The van der Waals surface area contributed by atoms with Crippen molar-refractivity contribution >= 4 is 6.09 Å². The molecule has 1 aromatic heterocycles. The molecule has 1 aromatic rings. The molecule has 4 heteroatoms. The van der Waals surface area contributed by atoms with Crippen LogP contribution in [0.5, 0.6) is 0 Å². The van der Waals surface area contributed by atoms with Crippen LogP contribution in [-0.4, -0.2) is 16.2 Å². The predicted octanol–water partition coefficient (Wildman–Crippen LogP) is 1.58. The predicted molar refractivity (Wildman–Crippen MR) is 48.4 cm³/mol. The van der Waals surface area contributed by atoms with Crippen molar-refractivity contribution in [3.05, 3.63) is 30.1 Å². The van der Waals surface area contributed by atoms with E-state index in [2.05, 4.69) is 10.3 Å². The van der Waals surface area contributed by atoms with Gasteiger partial charge in [-0.2, -0.15) is 0 Å². The molecular weight excluding hydrogens is 168 g/mol. The molecule has 0 aliphatic heterocycles. The highest BCUT2D eigenvalue weighted by atomic mass is 16.4. The summed E-state index contributed by atoms with van der Waals surface area (Å²) >= 11 is 0. The first kappa shape index (κ1) is 9.51. The van der Waals surface area contributed by atoms with Gasteiger partial charge in [-0.3, -0.25) is 4.98 Å². The Labute approximate surface area is 76.6 Å². The van der Waals surface area contributed by atoms with Crippen LogP contribution in [0.1, 0.15) is 19.4 Å². The van der Waals surface area contributed by atoms with Crippen molar-refractivity contribution in [3.63, 3.8) is 0 Å². The zero-order valence-electron chi connectivity index (χ0n) is 7.61. The Morgan fingerprint density at radius 2 is 2.31 bits per heavy atom. The van der Waals surface area contributed by atoms with Crippen molar-refractivity contribution < 1.29 is 9.90 Å². The molecule has 0 saturated heterocycles. The third kappa shape index (κ3) is 2.43. The number of hydrogen-bond donors (Lipinski definition) is 2. The van der Waals surface area contributed by atoms with Gasteiger partial charge in [0.25, 0.3) is 0 Å². The fourth-order valence-electron chi connectivity index (χ4n) is 1.07. The van der Waals surface area contributed by atoms with Crippen molar-refractivity contribution in [3.8, 4) is 0 Å². The van der Waals surface area contributed by atoms with E-state index < -0.39 is 11.6 Å². The average molecular weight is 180 g/mol. The summed E-state index contributed by atoms with van der Waals surface area (Å²) in [5.41, 5.74) is 0.248. The average Bonchev–Trinajstić information content (AvgIpc) is 2.04. The summed E-state index contributed by atoms with van der Waals surface area (Å²) in [7, 11) is 0. The van der Waals surface area contributed by atoms with Crippen molar-refractivity contribution in [2.45, 2.75) is 19.4 Å². The molecule has 0 aromatic carbocycles. The maximum atomic E-state index is 10.5. The maximum absolute atomic E-state index is 10.5. The van der Waals surface area contributed by atoms with E-state index in [1.165, 1.54) is 0 Å². The molecule has 0 bridgehead atoms. The van der Waals surface area contributed by atoms with Crippen LogP contribution >= 0.6 is 0 Å². The van der Waals surface area contributed by atoms with E-state index in [1.807, 2.05) is 6.07 Å². The number of rotatable bonds is 2. The monoisotopic (exact) mass is 180 g/mol. The van der Waals surface area contributed by atoms with E-state index in [-0.39, 0.29) is 0 Å². The first-order valence-corrected chi connectivity index (χ1v) is 3.94. The molecular formula is C9H12N2O2. The van der Waals surface area contributed by atoms with Crippen molar-refractivity contribution in [2.24, 2.45) is 0 Å². The third-order valence-corrected chi connectivity index (χ3v) is 1.80. The maximum Gasteiger partial charge on any atom is 0.405 e. The van der Waals surface area contributed by atoms with Crippen molar-refractivity contribution in [1.82, 2.24) is 10.3 Å². The Bertz CT molecular complexity index is 296. The Kier molecular flexibility index (Phi) is 2.51. The van der Waals surface area contributed by atoms with Gasteiger partial charge in [-0.05, 0) is 25.5 Å². The second-order valence-corrected chi connectivity index (χ2v) is 3.30. The topological polar surface area (TPSA) is 62.2 Å². The van der Waals surface area contributed by atoms with E-state index in [1.54, 1.807) is 32.3 Å². The molecule has 0 fully saturated rings. The summed E-state index contributed by atoms with van der Waals surface area (Å²) < 4.78 is 0. The lowest BCUT2D eigenvalue weighted by Gasteiger charge is -2.24. The van der Waals surface area contributed by atoms with Gasteiger partial charge in [-0.15, -0.1) is 0 Å². The summed E-state index contributed by atoms with van der Waals surface area (Å²) in [6.07, 6.45) is 2.27. The number of carboxylic acid groups (broad SMARTS) is 1. The van der Waals surface area contributed by atoms with Crippen LogP contribution in [-0.2, 0) is 5.54 Å². The Morgan fingerprint density at radius 3 is 2.77 bits per heavy atom. The van der Waals surface area contributed by atoms with Gasteiger partial charge < -0.3 is 10.4 Å². The highest BCUT2D eigenvalue weighted by Gasteiger charge is 2.22. The van der Waals surface area contributed by atoms with Crippen LogP contribution in [0.15, 0.2) is 24.5 Å². The minimum absolute atomic E-state index is 0.597. The molecule has 0 saturated carbocycles. The number of amides is 1. The summed E-state index contributed by atoms with van der Waals surface area (Å²) in [5.74, 6) is 0. The molecule has 0 radical (unpaired) electrons. The number of nitrogens with one attached hydrogen (secondary N) is 1. The van der Waals surface area contributed by atoms with Gasteiger partial charge in [0, 0.05) is 12.4 Å². The Morgan fingerprint density at radius 1 is 1.62 bits per heavy atom. The fourth-order valence-corrected chi connectivity index (χ4v) is 1.07. The van der Waals surface area contributed by atoms with Crippen LogP contribution in [0, 0.1) is 0 Å². The highest BCUT2D eigenvalue weighted by molar-refractivity contribution is 5.65. The zero-order chi connectivity index (χ0) is 9.90. The summed E-state index contributed by atoms with van der Waals surface area (Å²) in [4.78, 5) is 14.4. The minimum atomic E-state index is -1.03. The number of hydrogen-bond acceptors (Lipinski definition) is 2. The SMILES string of the molecule is CC(C)(NC(=O)O)c1cccnc1. The van der Waals surface area contributed by atoms with Crippen molar-refractivity contribution in [1.29, 1.82) is 0 Å². The van der Waals surface area contributed by atoms with Gasteiger partial charge in [-0.25, -0.2) is 4.79 Å². The van der Waals surface area contributed by atoms with Gasteiger partial charge in [0.2, 0.25) is 0 Å². The van der Waals surface area contributed by atoms with Crippen LogP contribution in [0.25, 0.3) is 0 Å². The normalized spacial score (nSPS) is 10.9. The third-order valence-electron chi connectivity index (χ3n) is 1.80. The lowest BCUT2D eigenvalue weighted by molar-refractivity contribution is 0.182. The van der Waals surface area contributed by atoms with E-state index in [4.69, 9.17) is 5.11 Å².